The zero-order chi connectivity index (χ0) is 70.4. The van der Waals surface area contributed by atoms with Crippen LogP contribution in [0.15, 0.2) is 24.3 Å². The molecule has 96 heavy (non-hydrogen) atoms. The van der Waals surface area contributed by atoms with E-state index in [0.717, 1.165) is 122 Å². The van der Waals surface area contributed by atoms with Gasteiger partial charge in [0.1, 0.15) is 19.3 Å². The molecule has 0 aromatic heterocycles. The summed E-state index contributed by atoms with van der Waals surface area (Å²) in [5.41, 5.74) is 0. The zero-order valence-electron chi connectivity index (χ0n) is 61.8. The summed E-state index contributed by atoms with van der Waals surface area (Å²) in [6.07, 6.45) is 64.4. The predicted molar refractivity (Wildman–Crippen MR) is 391 cm³/mol. The summed E-state index contributed by atoms with van der Waals surface area (Å²) < 4.78 is 68.5. The third kappa shape index (κ3) is 70.0. The normalized spacial score (nSPS) is 14.0. The maximum Gasteiger partial charge on any atom is 0.472 e. The number of aliphatic hydroxyl groups excluding tert-OH is 1. The lowest BCUT2D eigenvalue weighted by atomic mass is 10.0. The van der Waals surface area contributed by atoms with Gasteiger partial charge in [-0.15, -0.1) is 0 Å². The third-order valence-corrected chi connectivity index (χ3v) is 19.3. The number of phosphoric ester groups is 2. The first-order chi connectivity index (χ1) is 46.7. The van der Waals surface area contributed by atoms with Crippen LogP contribution in [-0.2, 0) is 65.4 Å². The lowest BCUT2D eigenvalue weighted by Crippen LogP contribution is -2.30. The molecule has 0 radical (unpaired) electrons. The second-order valence-electron chi connectivity index (χ2n) is 27.0. The van der Waals surface area contributed by atoms with Gasteiger partial charge in [-0.05, 0) is 77.0 Å². The van der Waals surface area contributed by atoms with Gasteiger partial charge in [-0.25, -0.2) is 9.13 Å². The first-order valence-electron chi connectivity index (χ1n) is 39.6. The van der Waals surface area contributed by atoms with Crippen LogP contribution in [-0.4, -0.2) is 96.7 Å². The van der Waals surface area contributed by atoms with E-state index in [9.17, 15) is 43.2 Å². The molecule has 5 unspecified atom stereocenters. The molecule has 0 aromatic rings. The Morgan fingerprint density at radius 2 is 0.479 bits per heavy atom. The van der Waals surface area contributed by atoms with Crippen molar-refractivity contribution in [2.75, 3.05) is 39.6 Å². The summed E-state index contributed by atoms with van der Waals surface area (Å²) in [6.45, 7) is 4.93. The maximum absolute atomic E-state index is 13.1. The molecule has 0 aliphatic carbocycles. The summed E-state index contributed by atoms with van der Waals surface area (Å²) in [7, 11) is -9.92. The Bertz CT molecular complexity index is 1920. The Morgan fingerprint density at radius 1 is 0.281 bits per heavy atom. The van der Waals surface area contributed by atoms with E-state index in [1.54, 1.807) is 0 Å². The van der Waals surface area contributed by atoms with Gasteiger partial charge in [0, 0.05) is 25.7 Å². The topological polar surface area (TPSA) is 237 Å². The average molecular weight is 1410 g/mol. The van der Waals surface area contributed by atoms with Crippen LogP contribution in [0, 0.1) is 0 Å². The summed E-state index contributed by atoms with van der Waals surface area (Å²) in [6, 6.07) is 0. The standard InChI is InChI=1S/C77H146O17P2/c1-5-9-13-17-21-25-29-33-35-39-42-46-50-54-58-62-75(80)88-68-73(94-77(82)64-60-56-52-48-44-40-36-34-30-26-22-18-14-10-6-2)70-92-96(85,86)90-66-71(78)65-89-95(83,84)91-69-72(93-76(81)63-59-55-51-47-43-38-32-28-24-20-16-12-8-4)67-87-74(79)61-57-53-49-45-41-37-31-27-23-19-15-11-7-3/h27-28,31-32,71-73,78H,5-26,29-30,33-70H2,1-4H3,(H,83,84)(H,85,86)/b31-27-,32-28-. The largest absolute Gasteiger partial charge is 0.472 e. The fraction of sp³-hybridized carbons (Fsp3) is 0.896. The van der Waals surface area contributed by atoms with Gasteiger partial charge >= 0.3 is 39.5 Å². The summed E-state index contributed by atoms with van der Waals surface area (Å²) in [5.74, 6) is -2.14. The number of hydrogen-bond donors (Lipinski definition) is 3. The van der Waals surface area contributed by atoms with Crippen molar-refractivity contribution >= 4 is 39.5 Å². The quantitative estimate of drug-likeness (QED) is 0.0169. The first kappa shape index (κ1) is 93.5. The lowest BCUT2D eigenvalue weighted by Gasteiger charge is -2.21. The van der Waals surface area contributed by atoms with E-state index < -0.39 is 97.5 Å². The molecule has 0 aliphatic heterocycles. The number of phosphoric acid groups is 2. The summed E-state index contributed by atoms with van der Waals surface area (Å²) >= 11 is 0. The van der Waals surface area contributed by atoms with Crippen LogP contribution in [0.3, 0.4) is 0 Å². The second kappa shape index (κ2) is 71.0. The minimum Gasteiger partial charge on any atom is -0.462 e. The SMILES string of the molecule is CCCCCC/C=C\CCCCCCCC(=O)OCC(COP(=O)(O)OCC(O)COP(=O)(O)OCC(COC(=O)CCCCCCCCCCCCCCCCC)OC(=O)CCCCCCCCCCCCCCCCC)OC(=O)CCCCCCC/C=C\CCCCCC. The first-order valence-corrected chi connectivity index (χ1v) is 42.6. The molecule has 0 fully saturated rings. The van der Waals surface area contributed by atoms with Crippen molar-refractivity contribution in [1.82, 2.24) is 0 Å². The molecule has 19 heteroatoms. The number of allylic oxidation sites excluding steroid dienone is 4. The van der Waals surface area contributed by atoms with E-state index in [2.05, 4.69) is 52.0 Å². The molecule has 0 aliphatic rings. The Morgan fingerprint density at radius 3 is 0.729 bits per heavy atom. The van der Waals surface area contributed by atoms with Crippen molar-refractivity contribution in [1.29, 1.82) is 0 Å². The van der Waals surface area contributed by atoms with Crippen molar-refractivity contribution in [3.63, 3.8) is 0 Å². The van der Waals surface area contributed by atoms with Crippen molar-refractivity contribution in [2.45, 2.75) is 406 Å². The molecule has 0 saturated heterocycles. The van der Waals surface area contributed by atoms with Crippen molar-refractivity contribution < 1.29 is 80.2 Å². The highest BCUT2D eigenvalue weighted by molar-refractivity contribution is 7.47. The van der Waals surface area contributed by atoms with E-state index in [1.165, 1.54) is 186 Å². The third-order valence-electron chi connectivity index (χ3n) is 17.4. The number of hydrogen-bond acceptors (Lipinski definition) is 15. The van der Waals surface area contributed by atoms with Gasteiger partial charge in [0.15, 0.2) is 12.2 Å². The fourth-order valence-corrected chi connectivity index (χ4v) is 12.9. The monoisotopic (exact) mass is 1410 g/mol. The highest BCUT2D eigenvalue weighted by Gasteiger charge is 2.30. The number of aliphatic hydroxyl groups is 1. The Kier molecular flexibility index (Phi) is 69.1. The zero-order valence-corrected chi connectivity index (χ0v) is 63.6. The van der Waals surface area contributed by atoms with Crippen LogP contribution < -0.4 is 0 Å². The smallest absolute Gasteiger partial charge is 0.462 e. The van der Waals surface area contributed by atoms with Gasteiger partial charge < -0.3 is 33.8 Å². The molecule has 0 bridgehead atoms. The maximum atomic E-state index is 13.1. The molecule has 0 heterocycles. The van der Waals surface area contributed by atoms with Gasteiger partial charge in [-0.2, -0.15) is 0 Å². The number of carbonyl (C=O) groups is 4. The van der Waals surface area contributed by atoms with Gasteiger partial charge in [0.2, 0.25) is 0 Å². The summed E-state index contributed by atoms with van der Waals surface area (Å²) in [4.78, 5) is 72.9. The number of unbranched alkanes of at least 4 members (excludes halogenated alkanes) is 46. The lowest BCUT2D eigenvalue weighted by molar-refractivity contribution is -0.161. The highest BCUT2D eigenvalue weighted by Crippen LogP contribution is 2.45. The molecule has 0 aromatic carbocycles. The Balaban J connectivity index is 5.29. The van der Waals surface area contributed by atoms with Crippen LogP contribution in [0.2, 0.25) is 0 Å². The van der Waals surface area contributed by atoms with Crippen LogP contribution in [0.4, 0.5) is 0 Å². The summed E-state index contributed by atoms with van der Waals surface area (Å²) in [5, 5.41) is 10.6. The minimum atomic E-state index is -4.96. The molecule has 5 atom stereocenters. The van der Waals surface area contributed by atoms with Crippen molar-refractivity contribution in [3.8, 4) is 0 Å². The van der Waals surface area contributed by atoms with Crippen LogP contribution >= 0.6 is 15.6 Å². The molecule has 566 valence electrons. The van der Waals surface area contributed by atoms with Gasteiger partial charge in [-0.1, -0.05) is 309 Å². The molecule has 0 saturated carbocycles. The van der Waals surface area contributed by atoms with Crippen molar-refractivity contribution in [3.05, 3.63) is 24.3 Å². The Labute approximate surface area is 586 Å². The molecule has 0 rings (SSSR count). The second-order valence-corrected chi connectivity index (χ2v) is 29.9. The van der Waals surface area contributed by atoms with Gasteiger partial charge in [0.05, 0.1) is 26.4 Å². The number of rotatable bonds is 76. The number of carbonyl (C=O) groups excluding carboxylic acids is 4. The fourth-order valence-electron chi connectivity index (χ4n) is 11.3. The van der Waals surface area contributed by atoms with E-state index in [1.807, 2.05) is 0 Å². The van der Waals surface area contributed by atoms with Crippen molar-refractivity contribution in [2.24, 2.45) is 0 Å². The molecule has 17 nitrogen and oxygen atoms in total. The van der Waals surface area contributed by atoms with E-state index in [0.29, 0.717) is 25.7 Å². The van der Waals surface area contributed by atoms with E-state index in [4.69, 9.17) is 37.0 Å². The average Bonchev–Trinajstić information content (AvgIpc) is 1.17. The van der Waals surface area contributed by atoms with Crippen LogP contribution in [0.5, 0.6) is 0 Å². The minimum absolute atomic E-state index is 0.0905. The molecule has 0 spiro atoms. The van der Waals surface area contributed by atoms with Crippen LogP contribution in [0.1, 0.15) is 387 Å². The molecule has 0 amide bonds. The van der Waals surface area contributed by atoms with E-state index in [-0.39, 0.29) is 25.7 Å². The van der Waals surface area contributed by atoms with Gasteiger partial charge in [-0.3, -0.25) is 37.3 Å². The molecule has 3 N–H and O–H groups in total. The highest BCUT2D eigenvalue weighted by atomic mass is 31.2. The van der Waals surface area contributed by atoms with E-state index >= 15 is 0 Å². The number of ether oxygens (including phenoxy) is 4. The predicted octanol–water partition coefficient (Wildman–Crippen LogP) is 22.6. The molecular weight excluding hydrogens is 1260 g/mol. The Hall–Kier alpha value is -2.46. The van der Waals surface area contributed by atoms with Gasteiger partial charge in [0.25, 0.3) is 0 Å². The number of esters is 4. The van der Waals surface area contributed by atoms with Crippen LogP contribution in [0.25, 0.3) is 0 Å². The molecular formula is C77H146O17P2.